The van der Waals surface area contributed by atoms with Crippen LogP contribution >= 0.6 is 46.6 Å². The number of anilines is 1. The number of benzene rings is 1. The summed E-state index contributed by atoms with van der Waals surface area (Å²) in [6, 6.07) is 10.9. The second kappa shape index (κ2) is 6.43. The molecule has 1 fully saturated rings. The van der Waals surface area contributed by atoms with E-state index < -0.39 is 0 Å². The molecule has 0 spiro atoms. The molecule has 0 N–H and O–H groups in total. The van der Waals surface area contributed by atoms with E-state index in [4.69, 9.17) is 21.4 Å². The maximum atomic E-state index is 12.6. The number of nitrogens with zero attached hydrogens (tertiary/aromatic N) is 1. The van der Waals surface area contributed by atoms with E-state index in [1.165, 1.54) is 16.7 Å². The van der Waals surface area contributed by atoms with Gasteiger partial charge in [-0.25, -0.2) is 0 Å². The number of carbonyl (C=O) groups excluding carboxylic acids is 1. The van der Waals surface area contributed by atoms with Crippen LogP contribution in [0.5, 0.6) is 5.75 Å². The Morgan fingerprint density at radius 1 is 1.27 bits per heavy atom. The molecule has 0 radical (unpaired) electrons. The van der Waals surface area contributed by atoms with Gasteiger partial charge < -0.3 is 9.15 Å². The topological polar surface area (TPSA) is 42.7 Å². The van der Waals surface area contributed by atoms with Crippen LogP contribution in [-0.2, 0) is 4.79 Å². The lowest BCUT2D eigenvalue weighted by atomic mass is 10.2. The first-order chi connectivity index (χ1) is 10.6. The van der Waals surface area contributed by atoms with E-state index in [1.54, 1.807) is 25.3 Å². The molecule has 1 aromatic carbocycles. The first-order valence-corrected chi connectivity index (χ1v) is 8.56. The monoisotopic (exact) mass is 443 g/mol. The van der Waals surface area contributed by atoms with Gasteiger partial charge in [-0.3, -0.25) is 9.69 Å². The van der Waals surface area contributed by atoms with Crippen molar-refractivity contribution < 1.29 is 13.9 Å². The third-order valence-electron chi connectivity index (χ3n) is 2.99. The van der Waals surface area contributed by atoms with Gasteiger partial charge in [0.25, 0.3) is 5.91 Å². The molecule has 0 atom stereocenters. The van der Waals surface area contributed by atoms with Crippen molar-refractivity contribution in [2.45, 2.75) is 0 Å². The maximum Gasteiger partial charge on any atom is 0.270 e. The second-order valence-electron chi connectivity index (χ2n) is 4.36. The number of rotatable bonds is 3. The largest absolute Gasteiger partial charge is 0.497 e. The number of carbonyl (C=O) groups is 1. The van der Waals surface area contributed by atoms with Crippen molar-refractivity contribution in [1.29, 1.82) is 0 Å². The molecule has 1 saturated heterocycles. The molecule has 112 valence electrons. The van der Waals surface area contributed by atoms with E-state index in [9.17, 15) is 4.79 Å². The summed E-state index contributed by atoms with van der Waals surface area (Å²) in [4.78, 5) is 14.6. The Morgan fingerprint density at radius 3 is 2.59 bits per heavy atom. The summed E-state index contributed by atoms with van der Waals surface area (Å²) in [5.74, 6) is 1.22. The molecule has 0 saturated carbocycles. The van der Waals surface area contributed by atoms with E-state index in [0.717, 1.165) is 15.2 Å². The van der Waals surface area contributed by atoms with Crippen LogP contribution in [0.3, 0.4) is 0 Å². The molecule has 4 nitrogen and oxygen atoms in total. The fourth-order valence-electron chi connectivity index (χ4n) is 1.96. The number of furan rings is 1. The highest BCUT2D eigenvalue weighted by atomic mass is 127. The third-order valence-corrected chi connectivity index (χ3v) is 4.87. The Kier molecular flexibility index (Phi) is 4.55. The van der Waals surface area contributed by atoms with E-state index in [0.29, 0.717) is 15.0 Å². The number of thiocarbonyl (C=S) groups is 1. The lowest BCUT2D eigenvalue weighted by Crippen LogP contribution is -2.27. The fourth-order valence-corrected chi connectivity index (χ4v) is 3.67. The highest BCUT2D eigenvalue weighted by molar-refractivity contribution is 14.1. The number of thioether (sulfide) groups is 1. The van der Waals surface area contributed by atoms with E-state index in [-0.39, 0.29) is 5.91 Å². The standard InChI is InChI=1S/C15H10INO3S2/c1-19-10-4-2-9(3-5-10)17-14(18)12(22-15(17)21)8-11-6-7-13(16)20-11/h2-8H,1H3/b12-8+. The second-order valence-corrected chi connectivity index (χ2v) is 7.10. The Hall–Kier alpha value is -1.32. The number of ether oxygens (including phenoxy) is 1. The Labute approximate surface area is 150 Å². The lowest BCUT2D eigenvalue weighted by Gasteiger charge is -2.14. The van der Waals surface area contributed by atoms with E-state index >= 15 is 0 Å². The molecule has 1 amide bonds. The van der Waals surface area contributed by atoms with Crippen molar-refractivity contribution in [3.63, 3.8) is 0 Å². The molecule has 0 unspecified atom stereocenters. The molecular formula is C15H10INO3S2. The molecule has 1 aliphatic heterocycles. The number of methoxy groups -OCH3 is 1. The normalized spacial score (nSPS) is 16.6. The van der Waals surface area contributed by atoms with Gasteiger partial charge in [-0.15, -0.1) is 0 Å². The minimum absolute atomic E-state index is 0.147. The minimum atomic E-state index is -0.147. The fraction of sp³-hybridized carbons (Fsp3) is 0.0667. The van der Waals surface area contributed by atoms with Gasteiger partial charge in [-0.05, 0) is 59.0 Å². The quantitative estimate of drug-likeness (QED) is 0.402. The zero-order chi connectivity index (χ0) is 15.7. The van der Waals surface area contributed by atoms with E-state index in [1.807, 2.05) is 24.3 Å². The van der Waals surface area contributed by atoms with Gasteiger partial charge in [-0.2, -0.15) is 0 Å². The molecule has 2 aromatic rings. The van der Waals surface area contributed by atoms with Crippen molar-refractivity contribution in [3.05, 3.63) is 50.8 Å². The first-order valence-electron chi connectivity index (χ1n) is 6.26. The first kappa shape index (κ1) is 15.6. The van der Waals surface area contributed by atoms with Crippen LogP contribution in [0.15, 0.2) is 45.7 Å². The van der Waals surface area contributed by atoms with Crippen molar-refractivity contribution in [3.8, 4) is 5.75 Å². The molecule has 0 bridgehead atoms. The zero-order valence-corrected chi connectivity index (χ0v) is 15.2. The van der Waals surface area contributed by atoms with Crippen molar-refractivity contribution in [2.24, 2.45) is 0 Å². The number of amides is 1. The van der Waals surface area contributed by atoms with Gasteiger partial charge in [0.05, 0.1) is 17.7 Å². The predicted molar refractivity (Wildman–Crippen MR) is 100 cm³/mol. The summed E-state index contributed by atoms with van der Waals surface area (Å²) < 4.78 is 11.9. The Bertz CT molecular complexity index is 767. The van der Waals surface area contributed by atoms with Crippen molar-refractivity contribution >= 4 is 68.6 Å². The van der Waals surface area contributed by atoms with Gasteiger partial charge in [0.1, 0.15) is 11.5 Å². The van der Waals surface area contributed by atoms with Gasteiger partial charge >= 0.3 is 0 Å². The number of hydrogen-bond acceptors (Lipinski definition) is 5. The Balaban J connectivity index is 1.89. The smallest absolute Gasteiger partial charge is 0.270 e. The molecule has 1 aliphatic rings. The summed E-state index contributed by atoms with van der Waals surface area (Å²) in [6.45, 7) is 0. The highest BCUT2D eigenvalue weighted by Crippen LogP contribution is 2.36. The summed E-state index contributed by atoms with van der Waals surface area (Å²) in [6.07, 6.45) is 1.71. The predicted octanol–water partition coefficient (Wildman–Crippen LogP) is 4.30. The van der Waals surface area contributed by atoms with Crippen LogP contribution in [0, 0.1) is 3.77 Å². The van der Waals surface area contributed by atoms with Crippen LogP contribution in [0.1, 0.15) is 5.76 Å². The average Bonchev–Trinajstić information content (AvgIpc) is 3.03. The van der Waals surface area contributed by atoms with Gasteiger partial charge in [0.15, 0.2) is 8.09 Å². The summed E-state index contributed by atoms with van der Waals surface area (Å²) in [5, 5.41) is 0. The van der Waals surface area contributed by atoms with Gasteiger partial charge in [-0.1, -0.05) is 24.0 Å². The van der Waals surface area contributed by atoms with Crippen LogP contribution in [0.4, 0.5) is 5.69 Å². The maximum absolute atomic E-state index is 12.6. The minimum Gasteiger partial charge on any atom is -0.497 e. The van der Waals surface area contributed by atoms with Crippen LogP contribution < -0.4 is 9.64 Å². The molecule has 2 heterocycles. The zero-order valence-electron chi connectivity index (χ0n) is 11.4. The average molecular weight is 443 g/mol. The molecule has 1 aromatic heterocycles. The third kappa shape index (κ3) is 3.06. The molecule has 3 rings (SSSR count). The molecule has 7 heteroatoms. The Morgan fingerprint density at radius 2 is 2.00 bits per heavy atom. The van der Waals surface area contributed by atoms with Crippen LogP contribution in [0.2, 0.25) is 0 Å². The lowest BCUT2D eigenvalue weighted by molar-refractivity contribution is -0.113. The van der Waals surface area contributed by atoms with Gasteiger partial charge in [0, 0.05) is 6.08 Å². The summed E-state index contributed by atoms with van der Waals surface area (Å²) in [5.41, 5.74) is 0.723. The summed E-state index contributed by atoms with van der Waals surface area (Å²) >= 11 is 8.67. The van der Waals surface area contributed by atoms with E-state index in [2.05, 4.69) is 22.6 Å². The number of halogens is 1. The summed E-state index contributed by atoms with van der Waals surface area (Å²) in [7, 11) is 1.60. The number of hydrogen-bond donors (Lipinski definition) is 0. The van der Waals surface area contributed by atoms with Crippen LogP contribution in [-0.4, -0.2) is 17.3 Å². The van der Waals surface area contributed by atoms with Gasteiger partial charge in [0.2, 0.25) is 0 Å². The molecular weight excluding hydrogens is 433 g/mol. The molecule has 0 aliphatic carbocycles. The SMILES string of the molecule is COc1ccc(N2C(=O)/C(=C\c3ccc(I)o3)SC2=S)cc1. The van der Waals surface area contributed by atoms with Crippen molar-refractivity contribution in [1.82, 2.24) is 0 Å². The van der Waals surface area contributed by atoms with Crippen molar-refractivity contribution in [2.75, 3.05) is 12.0 Å². The van der Waals surface area contributed by atoms with Crippen LogP contribution in [0.25, 0.3) is 6.08 Å². The highest BCUT2D eigenvalue weighted by Gasteiger charge is 2.33. The molecule has 22 heavy (non-hydrogen) atoms.